The SMILES string of the molecule is Cc1c(C(=O)O[C@H](C)C(=O)Nc2ncnc3nc[nH]c23)oc2c(F)cccc12. The second kappa shape index (κ2) is 6.72. The molecule has 0 saturated carbocycles. The number of carbonyl (C=O) groups is 2. The second-order valence-electron chi connectivity index (χ2n) is 6.03. The molecule has 0 unspecified atom stereocenters. The van der Waals surface area contributed by atoms with Gasteiger partial charge in [-0.05, 0) is 19.9 Å². The topological polar surface area (TPSA) is 123 Å². The number of aromatic nitrogens is 4. The van der Waals surface area contributed by atoms with Crippen molar-refractivity contribution in [3.8, 4) is 0 Å². The number of rotatable bonds is 4. The third-order valence-electron chi connectivity index (χ3n) is 4.22. The molecule has 4 aromatic rings. The van der Waals surface area contributed by atoms with Crippen LogP contribution in [0.2, 0.25) is 0 Å². The fourth-order valence-electron chi connectivity index (χ4n) is 2.75. The van der Waals surface area contributed by atoms with E-state index in [9.17, 15) is 14.0 Å². The zero-order valence-corrected chi connectivity index (χ0v) is 14.8. The van der Waals surface area contributed by atoms with Gasteiger partial charge < -0.3 is 19.5 Å². The van der Waals surface area contributed by atoms with Crippen LogP contribution in [0.5, 0.6) is 0 Å². The number of aryl methyl sites for hydroxylation is 1. The van der Waals surface area contributed by atoms with Crippen LogP contribution in [-0.2, 0) is 9.53 Å². The smallest absolute Gasteiger partial charge is 0.375 e. The number of furan rings is 1. The molecule has 142 valence electrons. The van der Waals surface area contributed by atoms with Gasteiger partial charge in [-0.25, -0.2) is 24.1 Å². The highest BCUT2D eigenvalue weighted by Gasteiger charge is 2.25. The number of halogens is 1. The minimum atomic E-state index is -1.15. The molecule has 1 amide bonds. The van der Waals surface area contributed by atoms with Gasteiger partial charge in [0.15, 0.2) is 29.0 Å². The van der Waals surface area contributed by atoms with Crippen molar-refractivity contribution < 1.29 is 23.1 Å². The molecule has 0 bridgehead atoms. The van der Waals surface area contributed by atoms with Gasteiger partial charge in [0.05, 0.1) is 6.33 Å². The normalized spacial score (nSPS) is 12.2. The zero-order chi connectivity index (χ0) is 19.8. The number of imidazole rings is 1. The van der Waals surface area contributed by atoms with E-state index in [2.05, 4.69) is 25.3 Å². The summed E-state index contributed by atoms with van der Waals surface area (Å²) in [6.07, 6.45) is 1.52. The van der Waals surface area contributed by atoms with Crippen LogP contribution in [-0.4, -0.2) is 37.9 Å². The summed E-state index contributed by atoms with van der Waals surface area (Å²) in [7, 11) is 0. The lowest BCUT2D eigenvalue weighted by Gasteiger charge is -2.12. The van der Waals surface area contributed by atoms with E-state index in [1.807, 2.05) is 0 Å². The van der Waals surface area contributed by atoms with Crippen LogP contribution in [0, 0.1) is 12.7 Å². The number of hydrogen-bond donors (Lipinski definition) is 2. The lowest BCUT2D eigenvalue weighted by Crippen LogP contribution is -2.30. The van der Waals surface area contributed by atoms with Gasteiger partial charge in [0, 0.05) is 10.9 Å². The summed E-state index contributed by atoms with van der Waals surface area (Å²) < 4.78 is 24.3. The van der Waals surface area contributed by atoms with Crippen LogP contribution in [0.3, 0.4) is 0 Å². The average Bonchev–Trinajstić information content (AvgIpc) is 3.28. The van der Waals surface area contributed by atoms with E-state index >= 15 is 0 Å². The Bertz CT molecular complexity index is 1220. The molecular weight excluding hydrogens is 369 g/mol. The monoisotopic (exact) mass is 383 g/mol. The average molecular weight is 383 g/mol. The van der Waals surface area contributed by atoms with E-state index in [4.69, 9.17) is 9.15 Å². The maximum Gasteiger partial charge on any atom is 0.375 e. The molecule has 10 heteroatoms. The van der Waals surface area contributed by atoms with Crippen molar-refractivity contribution in [3.63, 3.8) is 0 Å². The number of H-pyrrole nitrogens is 1. The first-order valence-corrected chi connectivity index (χ1v) is 8.29. The number of aromatic amines is 1. The number of amides is 1. The molecule has 0 radical (unpaired) electrons. The second-order valence-corrected chi connectivity index (χ2v) is 6.03. The Morgan fingerprint density at radius 3 is 2.89 bits per heavy atom. The predicted molar refractivity (Wildman–Crippen MR) is 96.1 cm³/mol. The number of para-hydroxylation sites is 1. The highest BCUT2D eigenvalue weighted by Crippen LogP contribution is 2.28. The fraction of sp³-hybridized carbons (Fsp3) is 0.167. The molecule has 0 spiro atoms. The van der Waals surface area contributed by atoms with Gasteiger partial charge in [-0.2, -0.15) is 0 Å². The highest BCUT2D eigenvalue weighted by molar-refractivity contribution is 6.01. The Balaban J connectivity index is 1.51. The van der Waals surface area contributed by atoms with Crippen LogP contribution in [0.25, 0.3) is 22.1 Å². The van der Waals surface area contributed by atoms with Gasteiger partial charge in [0.1, 0.15) is 11.8 Å². The first kappa shape index (κ1) is 17.6. The van der Waals surface area contributed by atoms with E-state index in [1.54, 1.807) is 13.0 Å². The number of ether oxygens (including phenoxy) is 1. The van der Waals surface area contributed by atoms with E-state index in [0.29, 0.717) is 22.1 Å². The van der Waals surface area contributed by atoms with Gasteiger partial charge >= 0.3 is 5.97 Å². The summed E-state index contributed by atoms with van der Waals surface area (Å²) in [6, 6.07) is 4.38. The number of esters is 1. The summed E-state index contributed by atoms with van der Waals surface area (Å²) >= 11 is 0. The summed E-state index contributed by atoms with van der Waals surface area (Å²) in [6.45, 7) is 3.01. The van der Waals surface area contributed by atoms with E-state index in [-0.39, 0.29) is 17.2 Å². The largest absolute Gasteiger partial charge is 0.447 e. The van der Waals surface area contributed by atoms with Crippen molar-refractivity contribution in [2.24, 2.45) is 0 Å². The van der Waals surface area contributed by atoms with Crippen LogP contribution in [0.15, 0.2) is 35.3 Å². The quantitative estimate of drug-likeness (QED) is 0.519. The van der Waals surface area contributed by atoms with E-state index in [0.717, 1.165) is 0 Å². The summed E-state index contributed by atoms with van der Waals surface area (Å²) in [5, 5.41) is 3.01. The Kier molecular flexibility index (Phi) is 4.22. The van der Waals surface area contributed by atoms with Crippen molar-refractivity contribution in [1.82, 2.24) is 19.9 Å². The number of carbonyl (C=O) groups excluding carboxylic acids is 2. The Morgan fingerprint density at radius 2 is 2.11 bits per heavy atom. The molecule has 3 heterocycles. The van der Waals surface area contributed by atoms with Gasteiger partial charge in [0.2, 0.25) is 5.76 Å². The van der Waals surface area contributed by atoms with Crippen molar-refractivity contribution in [1.29, 1.82) is 0 Å². The number of hydrogen-bond acceptors (Lipinski definition) is 7. The van der Waals surface area contributed by atoms with Crippen molar-refractivity contribution >= 4 is 39.8 Å². The minimum absolute atomic E-state index is 0.0355. The number of nitrogens with one attached hydrogen (secondary N) is 2. The lowest BCUT2D eigenvalue weighted by atomic mass is 10.1. The Morgan fingerprint density at radius 1 is 1.29 bits per heavy atom. The van der Waals surface area contributed by atoms with Crippen LogP contribution in [0.4, 0.5) is 10.2 Å². The minimum Gasteiger partial charge on any atom is -0.447 e. The zero-order valence-electron chi connectivity index (χ0n) is 14.8. The molecule has 0 aliphatic carbocycles. The summed E-state index contributed by atoms with van der Waals surface area (Å²) in [5.74, 6) is -2.01. The molecule has 0 fully saturated rings. The molecule has 28 heavy (non-hydrogen) atoms. The van der Waals surface area contributed by atoms with E-state index in [1.165, 1.54) is 31.7 Å². The molecule has 0 saturated heterocycles. The third kappa shape index (κ3) is 2.94. The molecule has 2 N–H and O–H groups in total. The van der Waals surface area contributed by atoms with Gasteiger partial charge in [-0.3, -0.25) is 4.79 Å². The summed E-state index contributed by atoms with van der Waals surface area (Å²) in [4.78, 5) is 39.5. The molecule has 9 nitrogen and oxygen atoms in total. The third-order valence-corrected chi connectivity index (χ3v) is 4.22. The van der Waals surface area contributed by atoms with Gasteiger partial charge in [-0.1, -0.05) is 12.1 Å². The number of anilines is 1. The number of fused-ring (bicyclic) bond motifs is 2. The van der Waals surface area contributed by atoms with Gasteiger partial charge in [-0.15, -0.1) is 0 Å². The molecular formula is C18H14FN5O4. The lowest BCUT2D eigenvalue weighted by molar-refractivity contribution is -0.123. The van der Waals surface area contributed by atoms with Crippen molar-refractivity contribution in [2.75, 3.05) is 5.32 Å². The Labute approximate surface area is 156 Å². The highest BCUT2D eigenvalue weighted by atomic mass is 19.1. The van der Waals surface area contributed by atoms with Crippen LogP contribution < -0.4 is 5.32 Å². The molecule has 3 aromatic heterocycles. The first-order chi connectivity index (χ1) is 13.5. The van der Waals surface area contributed by atoms with Gasteiger partial charge in [0.25, 0.3) is 5.91 Å². The summed E-state index contributed by atoms with van der Waals surface area (Å²) in [5.41, 5.74) is 1.22. The Hall–Kier alpha value is -3.82. The van der Waals surface area contributed by atoms with Crippen LogP contribution >= 0.6 is 0 Å². The standard InChI is InChI=1S/C18H14FN5O4/c1-8-10-4-3-5-11(19)14(10)28-13(8)18(26)27-9(2)17(25)24-16-12-15(21-6-20-12)22-7-23-16/h3-7,9H,1-2H3,(H2,20,21,22,23,24,25)/t9-/m1/s1. The number of benzene rings is 1. The maximum absolute atomic E-state index is 13.8. The predicted octanol–water partition coefficient (Wildman–Crippen LogP) is 2.73. The number of nitrogens with zero attached hydrogens (tertiary/aromatic N) is 3. The van der Waals surface area contributed by atoms with Crippen LogP contribution in [0.1, 0.15) is 23.0 Å². The molecule has 0 aliphatic heterocycles. The molecule has 1 aromatic carbocycles. The first-order valence-electron chi connectivity index (χ1n) is 8.29. The molecule has 4 rings (SSSR count). The maximum atomic E-state index is 13.8. The van der Waals surface area contributed by atoms with E-state index < -0.39 is 23.8 Å². The fourth-order valence-corrected chi connectivity index (χ4v) is 2.75. The van der Waals surface area contributed by atoms with Crippen molar-refractivity contribution in [3.05, 3.63) is 48.0 Å². The molecule has 0 aliphatic rings. The molecule has 1 atom stereocenters. The van der Waals surface area contributed by atoms with Crippen molar-refractivity contribution in [2.45, 2.75) is 20.0 Å².